The molecule has 2 heterocycles. The normalized spacial score (nSPS) is 18.9. The summed E-state index contributed by atoms with van der Waals surface area (Å²) in [4.78, 5) is 19.5. The van der Waals surface area contributed by atoms with Gasteiger partial charge in [0.1, 0.15) is 0 Å². The van der Waals surface area contributed by atoms with E-state index in [0.717, 1.165) is 51.3 Å². The fourth-order valence-electron chi connectivity index (χ4n) is 4.39. The summed E-state index contributed by atoms with van der Waals surface area (Å²) >= 11 is 0. The molecule has 9 heteroatoms. The van der Waals surface area contributed by atoms with Crippen molar-refractivity contribution in [2.24, 2.45) is 5.92 Å². The minimum atomic E-state index is -3.67. The van der Waals surface area contributed by atoms with E-state index in [1.165, 1.54) is 4.31 Å². The number of rotatable bonds is 10. The standard InChI is InChI=1S/C24H41N5O3S/c1-21(2)20-22-4-6-23(7-5-22)33(31,32)29(19-18-27-16-14-26(3)15-17-27)11-8-24(30)28-12-9-25-10-13-28/h4-7,21,25H,8-20H2,1-3H3. The number of nitrogens with one attached hydrogen (secondary N) is 1. The van der Waals surface area contributed by atoms with Gasteiger partial charge in [0.15, 0.2) is 0 Å². The van der Waals surface area contributed by atoms with Crippen LogP contribution in [-0.2, 0) is 21.2 Å². The highest BCUT2D eigenvalue weighted by atomic mass is 32.2. The molecule has 0 radical (unpaired) electrons. The summed E-state index contributed by atoms with van der Waals surface area (Å²) < 4.78 is 28.6. The van der Waals surface area contributed by atoms with Crippen LogP contribution in [0, 0.1) is 5.92 Å². The summed E-state index contributed by atoms with van der Waals surface area (Å²) in [6.07, 6.45) is 1.14. The molecule has 1 aromatic rings. The Kier molecular flexibility index (Phi) is 9.69. The highest BCUT2D eigenvalue weighted by Gasteiger charge is 2.27. The molecule has 3 rings (SSSR count). The van der Waals surface area contributed by atoms with Crippen LogP contribution in [0.25, 0.3) is 0 Å². The second kappa shape index (κ2) is 12.3. The van der Waals surface area contributed by atoms with E-state index in [-0.39, 0.29) is 18.9 Å². The highest BCUT2D eigenvalue weighted by Crippen LogP contribution is 2.19. The first-order chi connectivity index (χ1) is 15.8. The van der Waals surface area contributed by atoms with Crippen molar-refractivity contribution in [3.8, 4) is 0 Å². The van der Waals surface area contributed by atoms with E-state index in [1.54, 1.807) is 12.1 Å². The number of likely N-dealkylation sites (N-methyl/N-ethyl adjacent to an activating group) is 1. The molecule has 0 unspecified atom stereocenters. The van der Waals surface area contributed by atoms with Crippen molar-refractivity contribution in [1.29, 1.82) is 0 Å². The lowest BCUT2D eigenvalue weighted by atomic mass is 10.0. The van der Waals surface area contributed by atoms with Gasteiger partial charge in [0, 0.05) is 78.4 Å². The van der Waals surface area contributed by atoms with E-state index in [4.69, 9.17) is 0 Å². The lowest BCUT2D eigenvalue weighted by molar-refractivity contribution is -0.131. The number of hydrogen-bond donors (Lipinski definition) is 1. The van der Waals surface area contributed by atoms with E-state index >= 15 is 0 Å². The summed E-state index contributed by atoms with van der Waals surface area (Å²) in [6, 6.07) is 7.26. The van der Waals surface area contributed by atoms with Crippen LogP contribution in [0.2, 0.25) is 0 Å². The quantitative estimate of drug-likeness (QED) is 0.539. The third-order valence-electron chi connectivity index (χ3n) is 6.51. The number of amides is 1. The molecular weight excluding hydrogens is 438 g/mol. The van der Waals surface area contributed by atoms with E-state index in [9.17, 15) is 13.2 Å². The Morgan fingerprint density at radius 1 is 1.00 bits per heavy atom. The summed E-state index contributed by atoms with van der Waals surface area (Å²) in [5.74, 6) is 0.548. The molecule has 0 saturated carbocycles. The average molecular weight is 480 g/mol. The van der Waals surface area contributed by atoms with Gasteiger partial charge in [-0.05, 0) is 37.1 Å². The number of nitrogens with zero attached hydrogens (tertiary/aromatic N) is 4. The van der Waals surface area contributed by atoms with Crippen LogP contribution in [0.3, 0.4) is 0 Å². The molecule has 186 valence electrons. The van der Waals surface area contributed by atoms with Gasteiger partial charge in [-0.1, -0.05) is 26.0 Å². The lowest BCUT2D eigenvalue weighted by Gasteiger charge is -2.34. The van der Waals surface area contributed by atoms with Gasteiger partial charge in [0.05, 0.1) is 4.90 Å². The SMILES string of the molecule is CC(C)Cc1ccc(S(=O)(=O)N(CCC(=O)N2CCNCC2)CCN2CCN(C)CC2)cc1. The number of carbonyl (C=O) groups excluding carboxylic acids is 1. The van der Waals surface area contributed by atoms with Crippen molar-refractivity contribution >= 4 is 15.9 Å². The Morgan fingerprint density at radius 2 is 1.64 bits per heavy atom. The molecule has 2 fully saturated rings. The van der Waals surface area contributed by atoms with E-state index in [2.05, 4.69) is 36.0 Å². The molecule has 2 saturated heterocycles. The van der Waals surface area contributed by atoms with Gasteiger partial charge < -0.3 is 15.1 Å². The number of hydrogen-bond acceptors (Lipinski definition) is 6. The zero-order valence-electron chi connectivity index (χ0n) is 20.5. The van der Waals surface area contributed by atoms with Gasteiger partial charge >= 0.3 is 0 Å². The number of sulfonamides is 1. The van der Waals surface area contributed by atoms with Gasteiger partial charge in [-0.15, -0.1) is 0 Å². The predicted octanol–water partition coefficient (Wildman–Crippen LogP) is 0.945. The van der Waals surface area contributed by atoms with Crippen molar-refractivity contribution in [1.82, 2.24) is 24.3 Å². The second-order valence-corrected chi connectivity index (χ2v) is 11.6. The van der Waals surface area contributed by atoms with Crippen LogP contribution in [0.5, 0.6) is 0 Å². The third-order valence-corrected chi connectivity index (χ3v) is 8.42. The molecule has 1 amide bonds. The largest absolute Gasteiger partial charge is 0.340 e. The molecule has 2 aliphatic rings. The Hall–Kier alpha value is -1.52. The predicted molar refractivity (Wildman–Crippen MR) is 132 cm³/mol. The van der Waals surface area contributed by atoms with E-state index < -0.39 is 10.0 Å². The summed E-state index contributed by atoms with van der Waals surface area (Å²) in [7, 11) is -1.56. The first-order valence-corrected chi connectivity index (χ1v) is 13.7. The minimum absolute atomic E-state index is 0.0311. The van der Waals surface area contributed by atoms with Crippen LogP contribution >= 0.6 is 0 Å². The fraction of sp³-hybridized carbons (Fsp3) is 0.708. The molecule has 0 bridgehead atoms. The number of carbonyl (C=O) groups is 1. The first-order valence-electron chi connectivity index (χ1n) is 12.2. The number of benzene rings is 1. The van der Waals surface area contributed by atoms with Gasteiger partial charge in [-0.2, -0.15) is 4.31 Å². The zero-order valence-corrected chi connectivity index (χ0v) is 21.3. The van der Waals surface area contributed by atoms with Gasteiger partial charge in [0.25, 0.3) is 0 Å². The molecule has 1 aromatic carbocycles. The van der Waals surface area contributed by atoms with Crippen molar-refractivity contribution in [3.05, 3.63) is 29.8 Å². The minimum Gasteiger partial charge on any atom is -0.340 e. The Labute approximate surface area is 200 Å². The maximum absolute atomic E-state index is 13.5. The summed E-state index contributed by atoms with van der Waals surface area (Å²) in [6.45, 7) is 12.4. The molecule has 0 aliphatic carbocycles. The van der Waals surface area contributed by atoms with Crippen LogP contribution < -0.4 is 5.32 Å². The van der Waals surface area contributed by atoms with Crippen LogP contribution in [0.4, 0.5) is 0 Å². The smallest absolute Gasteiger partial charge is 0.243 e. The van der Waals surface area contributed by atoms with Crippen LogP contribution in [0.1, 0.15) is 25.8 Å². The van der Waals surface area contributed by atoms with Gasteiger partial charge in [-0.25, -0.2) is 8.42 Å². The molecule has 8 nitrogen and oxygen atoms in total. The highest BCUT2D eigenvalue weighted by molar-refractivity contribution is 7.89. The lowest BCUT2D eigenvalue weighted by Crippen LogP contribution is -2.49. The first kappa shape index (κ1) is 26.1. The van der Waals surface area contributed by atoms with Crippen LogP contribution in [0.15, 0.2) is 29.2 Å². The van der Waals surface area contributed by atoms with Crippen molar-refractivity contribution in [2.45, 2.75) is 31.6 Å². The fourth-order valence-corrected chi connectivity index (χ4v) is 5.82. The van der Waals surface area contributed by atoms with Crippen molar-refractivity contribution in [3.63, 3.8) is 0 Å². The molecule has 0 aromatic heterocycles. The molecule has 33 heavy (non-hydrogen) atoms. The van der Waals surface area contributed by atoms with Gasteiger partial charge in [-0.3, -0.25) is 9.69 Å². The second-order valence-electron chi connectivity index (χ2n) is 9.67. The van der Waals surface area contributed by atoms with Crippen molar-refractivity contribution in [2.75, 3.05) is 79.0 Å². The molecule has 1 N–H and O–H groups in total. The molecule has 2 aliphatic heterocycles. The average Bonchev–Trinajstić information content (AvgIpc) is 2.80. The van der Waals surface area contributed by atoms with Crippen LogP contribution in [-0.4, -0.2) is 112 Å². The maximum atomic E-state index is 13.5. The van der Waals surface area contributed by atoms with Gasteiger partial charge in [0.2, 0.25) is 15.9 Å². The molecule has 0 spiro atoms. The Bertz CT molecular complexity index is 845. The third kappa shape index (κ3) is 7.75. The monoisotopic (exact) mass is 479 g/mol. The topological polar surface area (TPSA) is 76.2 Å². The number of piperazine rings is 2. The Balaban J connectivity index is 1.69. The van der Waals surface area contributed by atoms with E-state index in [1.807, 2.05) is 17.0 Å². The van der Waals surface area contributed by atoms with E-state index in [0.29, 0.717) is 37.0 Å². The Morgan fingerprint density at radius 3 is 2.24 bits per heavy atom. The molecular formula is C24H41N5O3S. The zero-order chi connectivity index (χ0) is 23.8. The summed E-state index contributed by atoms with van der Waals surface area (Å²) in [5.41, 5.74) is 1.14. The summed E-state index contributed by atoms with van der Waals surface area (Å²) in [5, 5.41) is 3.25. The van der Waals surface area contributed by atoms with Crippen molar-refractivity contribution < 1.29 is 13.2 Å². The maximum Gasteiger partial charge on any atom is 0.243 e. The molecule has 0 atom stereocenters.